The fourth-order valence-corrected chi connectivity index (χ4v) is 1.75. The van der Waals surface area contributed by atoms with Crippen LogP contribution in [0.4, 0.5) is 0 Å². The zero-order valence-corrected chi connectivity index (χ0v) is 10.2. The van der Waals surface area contributed by atoms with Crippen molar-refractivity contribution in [1.29, 1.82) is 0 Å². The predicted molar refractivity (Wildman–Crippen MR) is 61.2 cm³/mol. The lowest BCUT2D eigenvalue weighted by molar-refractivity contribution is -0.133. The van der Waals surface area contributed by atoms with Gasteiger partial charge in [-0.2, -0.15) is 0 Å². The Morgan fingerprint density at radius 3 is 2.14 bits per heavy atom. The van der Waals surface area contributed by atoms with E-state index >= 15 is 0 Å². The average Bonchev–Trinajstić information content (AvgIpc) is 2.15. The number of hydrogen-bond donors (Lipinski definition) is 0. The minimum absolute atomic E-state index is 0.265. The molecule has 0 aromatic rings. The second-order valence-electron chi connectivity index (χ2n) is 4.21. The van der Waals surface area contributed by atoms with Gasteiger partial charge in [-0.05, 0) is 12.8 Å². The Labute approximate surface area is 88.7 Å². The summed E-state index contributed by atoms with van der Waals surface area (Å²) >= 11 is 0. The number of carbonyl (C=O) groups is 1. The van der Waals surface area contributed by atoms with Crippen LogP contribution in [-0.4, -0.2) is 24.9 Å². The summed E-state index contributed by atoms with van der Waals surface area (Å²) in [4.78, 5) is 13.5. The van der Waals surface area contributed by atoms with Crippen LogP contribution in [0.2, 0.25) is 0 Å². The second kappa shape index (κ2) is 7.84. The lowest BCUT2D eigenvalue weighted by Crippen LogP contribution is -2.29. The van der Waals surface area contributed by atoms with Crippen molar-refractivity contribution >= 4 is 5.91 Å². The van der Waals surface area contributed by atoms with Crippen LogP contribution < -0.4 is 0 Å². The van der Waals surface area contributed by atoms with Crippen LogP contribution >= 0.6 is 0 Å². The fourth-order valence-electron chi connectivity index (χ4n) is 1.75. The van der Waals surface area contributed by atoms with Gasteiger partial charge in [0.05, 0.1) is 0 Å². The molecule has 2 nitrogen and oxygen atoms in total. The normalized spacial score (nSPS) is 12.6. The van der Waals surface area contributed by atoms with Gasteiger partial charge in [0.15, 0.2) is 0 Å². The molecule has 0 aromatic heterocycles. The molecule has 1 amide bonds. The van der Waals surface area contributed by atoms with Crippen LogP contribution in [0.3, 0.4) is 0 Å². The molecule has 0 heterocycles. The first kappa shape index (κ1) is 13.5. The van der Waals surface area contributed by atoms with Crippen molar-refractivity contribution in [3.8, 4) is 0 Å². The Morgan fingerprint density at radius 2 is 1.71 bits per heavy atom. The Balaban J connectivity index is 3.94. The van der Waals surface area contributed by atoms with E-state index in [1.54, 1.807) is 4.90 Å². The highest BCUT2D eigenvalue weighted by atomic mass is 16.2. The summed E-state index contributed by atoms with van der Waals surface area (Å²) in [7, 11) is 3.70. The summed E-state index contributed by atoms with van der Waals surface area (Å²) in [6.07, 6.45) is 6.90. The van der Waals surface area contributed by atoms with Crippen molar-refractivity contribution in [2.75, 3.05) is 14.1 Å². The Morgan fingerprint density at radius 1 is 1.07 bits per heavy atom. The maximum Gasteiger partial charge on any atom is 0.225 e. The van der Waals surface area contributed by atoms with Crippen molar-refractivity contribution < 1.29 is 4.79 Å². The monoisotopic (exact) mass is 199 g/mol. The van der Waals surface area contributed by atoms with Gasteiger partial charge < -0.3 is 4.90 Å². The van der Waals surface area contributed by atoms with E-state index in [0.717, 1.165) is 19.3 Å². The molecule has 0 aromatic carbocycles. The molecule has 1 atom stereocenters. The minimum atomic E-state index is 0.265. The molecule has 1 unspecified atom stereocenters. The molecule has 0 N–H and O–H groups in total. The van der Waals surface area contributed by atoms with Crippen LogP contribution in [0.15, 0.2) is 0 Å². The number of amides is 1. The van der Waals surface area contributed by atoms with Crippen LogP contribution in [-0.2, 0) is 4.79 Å². The molecule has 0 spiro atoms. The van der Waals surface area contributed by atoms with Crippen LogP contribution in [0.5, 0.6) is 0 Å². The van der Waals surface area contributed by atoms with E-state index in [4.69, 9.17) is 0 Å². The Hall–Kier alpha value is -0.530. The molecular formula is C12H25NO. The summed E-state index contributed by atoms with van der Waals surface area (Å²) in [6, 6.07) is 0. The van der Waals surface area contributed by atoms with E-state index < -0.39 is 0 Å². The average molecular weight is 199 g/mol. The smallest absolute Gasteiger partial charge is 0.225 e. The first-order chi connectivity index (χ1) is 6.63. The van der Waals surface area contributed by atoms with Gasteiger partial charge in [0.25, 0.3) is 0 Å². The van der Waals surface area contributed by atoms with Crippen LogP contribution in [0, 0.1) is 5.92 Å². The van der Waals surface area contributed by atoms with Crippen molar-refractivity contribution in [2.45, 2.75) is 52.4 Å². The van der Waals surface area contributed by atoms with E-state index in [-0.39, 0.29) is 5.92 Å². The SMILES string of the molecule is CCCCCC(CCC)C(=O)N(C)C. The van der Waals surface area contributed by atoms with Gasteiger partial charge in [0, 0.05) is 20.0 Å². The highest BCUT2D eigenvalue weighted by Gasteiger charge is 2.18. The number of carbonyl (C=O) groups excluding carboxylic acids is 1. The van der Waals surface area contributed by atoms with E-state index in [0.29, 0.717) is 5.91 Å². The van der Waals surface area contributed by atoms with Crippen molar-refractivity contribution in [3.63, 3.8) is 0 Å². The van der Waals surface area contributed by atoms with Gasteiger partial charge in [-0.1, -0.05) is 39.5 Å². The Bertz CT molecular complexity index is 154. The molecule has 0 radical (unpaired) electrons. The fraction of sp³-hybridized carbons (Fsp3) is 0.917. The van der Waals surface area contributed by atoms with Gasteiger partial charge in [0.1, 0.15) is 0 Å². The molecule has 0 fully saturated rings. The largest absolute Gasteiger partial charge is 0.349 e. The van der Waals surface area contributed by atoms with Crippen molar-refractivity contribution in [3.05, 3.63) is 0 Å². The van der Waals surface area contributed by atoms with Crippen molar-refractivity contribution in [2.24, 2.45) is 5.92 Å². The molecule has 14 heavy (non-hydrogen) atoms. The molecule has 0 saturated carbocycles. The number of unbranched alkanes of at least 4 members (excludes halogenated alkanes) is 2. The van der Waals surface area contributed by atoms with Gasteiger partial charge in [-0.15, -0.1) is 0 Å². The molecule has 0 aliphatic carbocycles. The molecule has 0 aliphatic rings. The van der Waals surface area contributed by atoms with E-state index in [1.165, 1.54) is 19.3 Å². The van der Waals surface area contributed by atoms with Crippen molar-refractivity contribution in [1.82, 2.24) is 4.90 Å². The summed E-state index contributed by atoms with van der Waals surface area (Å²) in [6.45, 7) is 4.35. The second-order valence-corrected chi connectivity index (χ2v) is 4.21. The van der Waals surface area contributed by atoms with E-state index in [1.807, 2.05) is 14.1 Å². The lowest BCUT2D eigenvalue weighted by Gasteiger charge is -2.19. The summed E-state index contributed by atoms with van der Waals surface area (Å²) in [5.41, 5.74) is 0. The zero-order valence-electron chi connectivity index (χ0n) is 10.2. The Kier molecular flexibility index (Phi) is 7.54. The molecule has 0 rings (SSSR count). The summed E-state index contributed by atoms with van der Waals surface area (Å²) in [5, 5.41) is 0. The van der Waals surface area contributed by atoms with Gasteiger partial charge in [-0.25, -0.2) is 0 Å². The first-order valence-electron chi connectivity index (χ1n) is 5.84. The third-order valence-corrected chi connectivity index (χ3v) is 2.58. The van der Waals surface area contributed by atoms with Crippen LogP contribution in [0.25, 0.3) is 0 Å². The van der Waals surface area contributed by atoms with E-state index in [2.05, 4.69) is 13.8 Å². The molecule has 0 aliphatic heterocycles. The zero-order chi connectivity index (χ0) is 11.0. The molecule has 0 saturated heterocycles. The number of rotatable bonds is 7. The minimum Gasteiger partial charge on any atom is -0.349 e. The third kappa shape index (κ3) is 5.25. The molecule has 84 valence electrons. The first-order valence-corrected chi connectivity index (χ1v) is 5.84. The molecular weight excluding hydrogens is 174 g/mol. The maximum absolute atomic E-state index is 11.8. The van der Waals surface area contributed by atoms with Gasteiger partial charge >= 0.3 is 0 Å². The van der Waals surface area contributed by atoms with E-state index in [9.17, 15) is 4.79 Å². The quantitative estimate of drug-likeness (QED) is 0.577. The third-order valence-electron chi connectivity index (χ3n) is 2.58. The predicted octanol–water partition coefficient (Wildman–Crippen LogP) is 3.07. The molecule has 2 heteroatoms. The maximum atomic E-state index is 11.8. The van der Waals surface area contributed by atoms with Gasteiger partial charge in [0.2, 0.25) is 5.91 Å². The molecule has 0 bridgehead atoms. The highest BCUT2D eigenvalue weighted by molar-refractivity contribution is 5.78. The summed E-state index contributed by atoms with van der Waals surface area (Å²) in [5.74, 6) is 0.574. The van der Waals surface area contributed by atoms with Crippen LogP contribution in [0.1, 0.15) is 52.4 Å². The van der Waals surface area contributed by atoms with Gasteiger partial charge in [-0.3, -0.25) is 4.79 Å². The highest BCUT2D eigenvalue weighted by Crippen LogP contribution is 2.17. The lowest BCUT2D eigenvalue weighted by atomic mass is 9.95. The number of nitrogens with zero attached hydrogens (tertiary/aromatic N) is 1. The standard InChI is InChI=1S/C12H25NO/c1-5-7-8-10-11(9-6-2)12(14)13(3)4/h11H,5-10H2,1-4H3. The summed E-state index contributed by atoms with van der Waals surface area (Å²) < 4.78 is 0. The number of hydrogen-bond acceptors (Lipinski definition) is 1. The topological polar surface area (TPSA) is 20.3 Å².